The normalized spacial score (nSPS) is 12.1. The summed E-state index contributed by atoms with van der Waals surface area (Å²) in [4.78, 5) is 21.3. The molecule has 1 aromatic rings. The van der Waals surface area contributed by atoms with E-state index >= 15 is 0 Å². The highest BCUT2D eigenvalue weighted by molar-refractivity contribution is 7.94. The molecule has 0 amide bonds. The standard InChI is InChI=1S/C12H16N2O5S/c1-8-4-5-10(14(17)18)11(7-8)20-19-6-2-3-9(13)12(15)16/h4-5,7,9H,2-3,6,13H2,1H3,(H,15,16). The molecule has 7 nitrogen and oxygen atoms in total. The average molecular weight is 300 g/mol. The lowest BCUT2D eigenvalue weighted by atomic mass is 10.2. The number of carboxylic acid groups (broad SMARTS) is 1. The summed E-state index contributed by atoms with van der Waals surface area (Å²) in [5, 5.41) is 19.4. The van der Waals surface area contributed by atoms with Crippen molar-refractivity contribution in [1.82, 2.24) is 0 Å². The lowest BCUT2D eigenvalue weighted by Crippen LogP contribution is -2.30. The Bertz CT molecular complexity index is 495. The van der Waals surface area contributed by atoms with Crippen LogP contribution in [0.4, 0.5) is 5.69 Å². The van der Waals surface area contributed by atoms with Crippen LogP contribution in [0, 0.1) is 17.0 Å². The number of rotatable bonds is 8. The maximum Gasteiger partial charge on any atom is 0.320 e. The van der Waals surface area contributed by atoms with Crippen LogP contribution in [0.2, 0.25) is 0 Å². The maximum atomic E-state index is 10.8. The fourth-order valence-corrected chi connectivity index (χ4v) is 2.22. The van der Waals surface area contributed by atoms with Crippen molar-refractivity contribution in [3.05, 3.63) is 33.9 Å². The summed E-state index contributed by atoms with van der Waals surface area (Å²) in [5.41, 5.74) is 6.23. The van der Waals surface area contributed by atoms with Crippen molar-refractivity contribution in [3.8, 4) is 0 Å². The van der Waals surface area contributed by atoms with Gasteiger partial charge in [-0.25, -0.2) is 0 Å². The minimum Gasteiger partial charge on any atom is -0.480 e. The van der Waals surface area contributed by atoms with Gasteiger partial charge in [0, 0.05) is 18.1 Å². The predicted octanol–water partition coefficient (Wildman–Crippen LogP) is 2.12. The Kier molecular flexibility index (Phi) is 6.43. The third-order valence-electron chi connectivity index (χ3n) is 2.52. The van der Waals surface area contributed by atoms with E-state index in [2.05, 4.69) is 0 Å². The monoisotopic (exact) mass is 300 g/mol. The van der Waals surface area contributed by atoms with Gasteiger partial charge in [-0.2, -0.15) is 0 Å². The van der Waals surface area contributed by atoms with E-state index in [0.717, 1.165) is 17.6 Å². The second kappa shape index (κ2) is 7.83. The number of hydrogen-bond acceptors (Lipinski definition) is 6. The van der Waals surface area contributed by atoms with Gasteiger partial charge < -0.3 is 15.0 Å². The molecule has 0 aliphatic rings. The topological polar surface area (TPSA) is 116 Å². The predicted molar refractivity (Wildman–Crippen MR) is 74.5 cm³/mol. The second-order valence-corrected chi connectivity index (χ2v) is 5.06. The highest BCUT2D eigenvalue weighted by Crippen LogP contribution is 2.30. The van der Waals surface area contributed by atoms with Crippen molar-refractivity contribution in [2.24, 2.45) is 5.73 Å². The number of nitro benzene ring substituents is 1. The van der Waals surface area contributed by atoms with Crippen molar-refractivity contribution < 1.29 is 19.0 Å². The number of nitrogens with zero attached hydrogens (tertiary/aromatic N) is 1. The molecule has 110 valence electrons. The van der Waals surface area contributed by atoms with Gasteiger partial charge in [-0.15, -0.1) is 0 Å². The molecule has 0 aromatic heterocycles. The third-order valence-corrected chi connectivity index (χ3v) is 3.31. The van der Waals surface area contributed by atoms with E-state index in [9.17, 15) is 14.9 Å². The van der Waals surface area contributed by atoms with Gasteiger partial charge in [-0.05, 0) is 31.4 Å². The van der Waals surface area contributed by atoms with E-state index < -0.39 is 16.9 Å². The summed E-state index contributed by atoms with van der Waals surface area (Å²) in [5.74, 6) is -1.05. The van der Waals surface area contributed by atoms with E-state index in [-0.39, 0.29) is 12.3 Å². The molecule has 1 rings (SSSR count). The zero-order chi connectivity index (χ0) is 15.1. The number of nitrogens with two attached hydrogens (primary N) is 1. The molecule has 1 atom stereocenters. The summed E-state index contributed by atoms with van der Waals surface area (Å²) in [6, 6.07) is 3.86. The largest absolute Gasteiger partial charge is 0.480 e. The molecule has 0 aliphatic heterocycles. The van der Waals surface area contributed by atoms with Crippen LogP contribution in [-0.4, -0.2) is 28.6 Å². The Labute approximate surface area is 120 Å². The Morgan fingerprint density at radius 1 is 1.60 bits per heavy atom. The van der Waals surface area contributed by atoms with Crippen LogP contribution in [0.1, 0.15) is 18.4 Å². The summed E-state index contributed by atoms with van der Waals surface area (Å²) in [6.07, 6.45) is 0.770. The van der Waals surface area contributed by atoms with Crippen molar-refractivity contribution in [3.63, 3.8) is 0 Å². The zero-order valence-corrected chi connectivity index (χ0v) is 11.8. The zero-order valence-electron chi connectivity index (χ0n) is 10.9. The molecule has 0 spiro atoms. The van der Waals surface area contributed by atoms with Gasteiger partial charge in [0.05, 0.1) is 11.5 Å². The van der Waals surface area contributed by atoms with Gasteiger partial charge >= 0.3 is 5.97 Å². The van der Waals surface area contributed by atoms with E-state index in [1.165, 1.54) is 6.07 Å². The molecule has 0 aliphatic carbocycles. The molecule has 0 fully saturated rings. The molecular formula is C12H16N2O5S. The first-order valence-corrected chi connectivity index (χ1v) is 6.69. The molecule has 8 heteroatoms. The molecule has 1 unspecified atom stereocenters. The van der Waals surface area contributed by atoms with Crippen LogP contribution in [0.5, 0.6) is 0 Å². The van der Waals surface area contributed by atoms with Crippen LogP contribution in [-0.2, 0) is 8.98 Å². The number of aryl methyl sites for hydroxylation is 1. The van der Waals surface area contributed by atoms with Gasteiger partial charge in [0.25, 0.3) is 5.69 Å². The fraction of sp³-hybridized carbons (Fsp3) is 0.417. The molecule has 0 bridgehead atoms. The van der Waals surface area contributed by atoms with E-state index in [0.29, 0.717) is 17.7 Å². The van der Waals surface area contributed by atoms with E-state index in [1.54, 1.807) is 12.1 Å². The molecule has 0 saturated carbocycles. The average Bonchev–Trinajstić information content (AvgIpc) is 2.37. The number of carbonyl (C=O) groups is 1. The van der Waals surface area contributed by atoms with Gasteiger partial charge in [0.15, 0.2) is 0 Å². The number of aliphatic carboxylic acids is 1. The minimum absolute atomic E-state index is 0.0113. The minimum atomic E-state index is -1.05. The van der Waals surface area contributed by atoms with Gasteiger partial charge in [0.2, 0.25) is 0 Å². The molecular weight excluding hydrogens is 284 g/mol. The quantitative estimate of drug-likeness (QED) is 0.327. The van der Waals surface area contributed by atoms with Crippen molar-refractivity contribution in [2.75, 3.05) is 6.61 Å². The van der Waals surface area contributed by atoms with Gasteiger partial charge in [-0.3, -0.25) is 14.9 Å². The SMILES string of the molecule is Cc1ccc([N+](=O)[O-])c(SOCCCC(N)C(=O)O)c1. The van der Waals surface area contributed by atoms with Gasteiger partial charge in [0.1, 0.15) is 10.9 Å². The summed E-state index contributed by atoms with van der Waals surface area (Å²) in [6.45, 7) is 2.11. The smallest absolute Gasteiger partial charge is 0.320 e. The Balaban J connectivity index is 2.44. The first kappa shape index (κ1) is 16.4. The van der Waals surface area contributed by atoms with Crippen molar-refractivity contribution in [2.45, 2.75) is 30.7 Å². The van der Waals surface area contributed by atoms with Crippen LogP contribution in [0.3, 0.4) is 0 Å². The van der Waals surface area contributed by atoms with Crippen LogP contribution >= 0.6 is 12.0 Å². The highest BCUT2D eigenvalue weighted by Gasteiger charge is 2.15. The lowest BCUT2D eigenvalue weighted by molar-refractivity contribution is -0.387. The van der Waals surface area contributed by atoms with Crippen molar-refractivity contribution >= 4 is 23.7 Å². The Morgan fingerprint density at radius 2 is 2.30 bits per heavy atom. The number of nitro groups is 1. The Morgan fingerprint density at radius 3 is 2.90 bits per heavy atom. The van der Waals surface area contributed by atoms with Gasteiger partial charge in [-0.1, -0.05) is 6.07 Å². The number of hydrogen-bond donors (Lipinski definition) is 2. The second-order valence-electron chi connectivity index (χ2n) is 4.22. The van der Waals surface area contributed by atoms with Crippen molar-refractivity contribution in [1.29, 1.82) is 0 Å². The molecule has 0 radical (unpaired) electrons. The summed E-state index contributed by atoms with van der Waals surface area (Å²) in [7, 11) is 0. The number of carboxylic acids is 1. The lowest BCUT2D eigenvalue weighted by Gasteiger charge is -2.07. The molecule has 20 heavy (non-hydrogen) atoms. The van der Waals surface area contributed by atoms with E-state index in [1.807, 2.05) is 6.92 Å². The highest BCUT2D eigenvalue weighted by atomic mass is 32.2. The molecule has 0 heterocycles. The Hall–Kier alpha value is -1.64. The molecule has 3 N–H and O–H groups in total. The van der Waals surface area contributed by atoms with E-state index in [4.69, 9.17) is 15.0 Å². The number of benzene rings is 1. The maximum absolute atomic E-state index is 10.8. The molecule has 0 saturated heterocycles. The van der Waals surface area contributed by atoms with Crippen LogP contribution < -0.4 is 5.73 Å². The summed E-state index contributed by atoms with van der Waals surface area (Å²) >= 11 is 0.920. The summed E-state index contributed by atoms with van der Waals surface area (Å²) < 4.78 is 5.26. The first-order chi connectivity index (χ1) is 9.41. The fourth-order valence-electron chi connectivity index (χ4n) is 1.43. The van der Waals surface area contributed by atoms with Crippen LogP contribution in [0.15, 0.2) is 23.1 Å². The molecule has 1 aromatic carbocycles. The van der Waals surface area contributed by atoms with Crippen LogP contribution in [0.25, 0.3) is 0 Å². The third kappa shape index (κ3) is 5.16. The first-order valence-electron chi connectivity index (χ1n) is 5.94.